The molecule has 0 bridgehead atoms. The zero-order valence-corrected chi connectivity index (χ0v) is 19.3. The molecule has 174 valence electrons. The maximum absolute atomic E-state index is 13.4. The molecule has 2 saturated heterocycles. The van der Waals surface area contributed by atoms with E-state index in [1.54, 1.807) is 6.92 Å². The van der Waals surface area contributed by atoms with Gasteiger partial charge in [-0.1, -0.05) is 36.8 Å². The van der Waals surface area contributed by atoms with Crippen molar-refractivity contribution in [3.63, 3.8) is 0 Å². The number of urea groups is 1. The summed E-state index contributed by atoms with van der Waals surface area (Å²) < 4.78 is 5.38. The molecule has 2 aromatic rings. The van der Waals surface area contributed by atoms with Gasteiger partial charge in [-0.2, -0.15) is 0 Å². The monoisotopic (exact) mass is 450 g/mol. The van der Waals surface area contributed by atoms with Gasteiger partial charge in [-0.3, -0.25) is 9.59 Å². The zero-order valence-electron chi connectivity index (χ0n) is 19.3. The van der Waals surface area contributed by atoms with Crippen LogP contribution in [0.4, 0.5) is 16.2 Å². The molecule has 0 aromatic heterocycles. The van der Waals surface area contributed by atoms with Crippen LogP contribution in [0.3, 0.4) is 0 Å². The third-order valence-corrected chi connectivity index (χ3v) is 6.48. The van der Waals surface area contributed by atoms with Crippen molar-refractivity contribution in [3.8, 4) is 0 Å². The number of morpholine rings is 1. The highest BCUT2D eigenvalue weighted by Gasteiger charge is 2.53. The van der Waals surface area contributed by atoms with Gasteiger partial charge in [0.1, 0.15) is 11.6 Å². The Balaban J connectivity index is 1.47. The molecule has 0 radical (unpaired) electrons. The Hall–Kier alpha value is -3.39. The molecule has 2 N–H and O–H groups in total. The number of rotatable bonds is 6. The van der Waals surface area contributed by atoms with Gasteiger partial charge in [0.05, 0.1) is 13.2 Å². The molecule has 8 heteroatoms. The van der Waals surface area contributed by atoms with Crippen LogP contribution in [0.1, 0.15) is 31.4 Å². The molecule has 0 saturated carbocycles. The minimum absolute atomic E-state index is 0.383. The highest BCUT2D eigenvalue weighted by molar-refractivity contribution is 6.11. The van der Waals surface area contributed by atoms with Crippen LogP contribution in [0.25, 0.3) is 0 Å². The minimum atomic E-state index is -1.17. The number of carbonyl (C=O) groups is 3. The third kappa shape index (κ3) is 4.30. The number of benzene rings is 2. The predicted octanol–water partition coefficient (Wildman–Crippen LogP) is 3.02. The summed E-state index contributed by atoms with van der Waals surface area (Å²) in [6, 6.07) is 13.5. The quantitative estimate of drug-likeness (QED) is 0.661. The van der Waals surface area contributed by atoms with Crippen molar-refractivity contribution in [2.75, 3.05) is 36.5 Å². The van der Waals surface area contributed by atoms with Crippen LogP contribution < -0.4 is 15.5 Å². The van der Waals surface area contributed by atoms with Crippen LogP contribution in [-0.2, 0) is 19.9 Å². The molecule has 2 heterocycles. The first-order valence-electron chi connectivity index (χ1n) is 11.3. The number of anilines is 2. The van der Waals surface area contributed by atoms with Crippen molar-refractivity contribution >= 4 is 29.2 Å². The van der Waals surface area contributed by atoms with E-state index < -0.39 is 29.4 Å². The summed E-state index contributed by atoms with van der Waals surface area (Å²) in [5.41, 5.74) is 2.27. The minimum Gasteiger partial charge on any atom is -0.378 e. The first-order valence-corrected chi connectivity index (χ1v) is 11.3. The van der Waals surface area contributed by atoms with Crippen LogP contribution >= 0.6 is 0 Å². The molecule has 4 rings (SSSR count). The Bertz CT molecular complexity index is 1030. The van der Waals surface area contributed by atoms with Gasteiger partial charge in [0.25, 0.3) is 5.91 Å². The van der Waals surface area contributed by atoms with Crippen molar-refractivity contribution in [2.24, 2.45) is 0 Å². The second-order valence-corrected chi connectivity index (χ2v) is 8.54. The normalized spacial score (nSPS) is 21.7. The molecule has 2 fully saturated rings. The SMILES string of the molecule is CC[C@]1(c2ccc(C)cc2)NC(=O)N([C@@H](C)C(=O)Nc2ccc(N3CCOCC3)cc2)C1=O. The van der Waals surface area contributed by atoms with E-state index in [2.05, 4.69) is 15.5 Å². The van der Waals surface area contributed by atoms with Crippen LogP contribution in [0, 0.1) is 6.92 Å². The summed E-state index contributed by atoms with van der Waals surface area (Å²) >= 11 is 0. The van der Waals surface area contributed by atoms with Gasteiger partial charge in [0.15, 0.2) is 0 Å². The molecular weight excluding hydrogens is 420 g/mol. The molecule has 4 amide bonds. The largest absolute Gasteiger partial charge is 0.378 e. The average molecular weight is 451 g/mol. The van der Waals surface area contributed by atoms with Crippen molar-refractivity contribution in [2.45, 2.75) is 38.8 Å². The first kappa shape index (κ1) is 22.8. The Labute approximate surface area is 193 Å². The van der Waals surface area contributed by atoms with Crippen LogP contribution in [0.2, 0.25) is 0 Å². The highest BCUT2D eigenvalue weighted by atomic mass is 16.5. The summed E-state index contributed by atoms with van der Waals surface area (Å²) in [5, 5.41) is 5.66. The molecule has 0 aliphatic carbocycles. The Morgan fingerprint density at radius 3 is 2.33 bits per heavy atom. The van der Waals surface area contributed by atoms with Crippen molar-refractivity contribution in [1.82, 2.24) is 10.2 Å². The van der Waals surface area contributed by atoms with Gasteiger partial charge in [0.2, 0.25) is 5.91 Å². The number of aryl methyl sites for hydroxylation is 1. The number of carbonyl (C=O) groups excluding carboxylic acids is 3. The Kier molecular flexibility index (Phi) is 6.37. The Morgan fingerprint density at radius 2 is 1.73 bits per heavy atom. The fourth-order valence-corrected chi connectivity index (χ4v) is 4.36. The number of hydrogen-bond acceptors (Lipinski definition) is 5. The van der Waals surface area contributed by atoms with E-state index in [4.69, 9.17) is 4.74 Å². The van der Waals surface area contributed by atoms with E-state index in [1.807, 2.05) is 62.4 Å². The number of hydrogen-bond donors (Lipinski definition) is 2. The van der Waals surface area contributed by atoms with Gasteiger partial charge in [-0.05, 0) is 50.1 Å². The summed E-state index contributed by atoms with van der Waals surface area (Å²) in [6.07, 6.45) is 0.383. The zero-order chi connectivity index (χ0) is 23.6. The highest BCUT2D eigenvalue weighted by Crippen LogP contribution is 2.33. The molecule has 8 nitrogen and oxygen atoms in total. The van der Waals surface area contributed by atoms with E-state index in [1.165, 1.54) is 0 Å². The standard InChI is InChI=1S/C25H30N4O4/c1-4-25(19-7-5-17(2)6-8-19)23(31)29(24(32)27-25)18(3)22(30)26-20-9-11-21(12-10-20)28-13-15-33-16-14-28/h5-12,18H,4,13-16H2,1-3H3,(H,26,30)(H,27,32)/t18-,25+/m0/s1. The molecule has 2 atom stereocenters. The van der Waals surface area contributed by atoms with E-state index in [0.29, 0.717) is 30.9 Å². The molecule has 0 spiro atoms. The lowest BCUT2D eigenvalue weighted by Crippen LogP contribution is -2.47. The number of imide groups is 1. The van der Waals surface area contributed by atoms with Crippen LogP contribution in [0.15, 0.2) is 48.5 Å². The van der Waals surface area contributed by atoms with Gasteiger partial charge < -0.3 is 20.3 Å². The topological polar surface area (TPSA) is 91.0 Å². The first-order chi connectivity index (χ1) is 15.9. The summed E-state index contributed by atoms with van der Waals surface area (Å²) in [5.74, 6) is -0.836. The summed E-state index contributed by atoms with van der Waals surface area (Å²) in [6.45, 7) is 8.43. The second kappa shape index (κ2) is 9.23. The second-order valence-electron chi connectivity index (χ2n) is 8.54. The number of nitrogens with one attached hydrogen (secondary N) is 2. The predicted molar refractivity (Wildman–Crippen MR) is 126 cm³/mol. The summed E-state index contributed by atoms with van der Waals surface area (Å²) in [7, 11) is 0. The van der Waals surface area contributed by atoms with Crippen molar-refractivity contribution < 1.29 is 19.1 Å². The van der Waals surface area contributed by atoms with Gasteiger partial charge in [-0.25, -0.2) is 9.69 Å². The maximum Gasteiger partial charge on any atom is 0.326 e. The lowest BCUT2D eigenvalue weighted by Gasteiger charge is -2.29. The molecule has 2 aliphatic heterocycles. The van der Waals surface area contributed by atoms with E-state index in [-0.39, 0.29) is 0 Å². The van der Waals surface area contributed by atoms with Crippen molar-refractivity contribution in [1.29, 1.82) is 0 Å². The molecule has 0 unspecified atom stereocenters. The van der Waals surface area contributed by atoms with Gasteiger partial charge >= 0.3 is 6.03 Å². The number of nitrogens with zero attached hydrogens (tertiary/aromatic N) is 2. The van der Waals surface area contributed by atoms with E-state index >= 15 is 0 Å². The van der Waals surface area contributed by atoms with Crippen LogP contribution in [0.5, 0.6) is 0 Å². The van der Waals surface area contributed by atoms with Crippen LogP contribution in [-0.4, -0.2) is 55.1 Å². The maximum atomic E-state index is 13.4. The molecule has 2 aromatic carbocycles. The summed E-state index contributed by atoms with van der Waals surface area (Å²) in [4.78, 5) is 42.4. The smallest absolute Gasteiger partial charge is 0.326 e. The van der Waals surface area contributed by atoms with Gasteiger partial charge in [-0.15, -0.1) is 0 Å². The average Bonchev–Trinajstić information content (AvgIpc) is 3.10. The van der Waals surface area contributed by atoms with E-state index in [9.17, 15) is 14.4 Å². The Morgan fingerprint density at radius 1 is 1.09 bits per heavy atom. The molecule has 2 aliphatic rings. The number of ether oxygens (including phenoxy) is 1. The fourth-order valence-electron chi connectivity index (χ4n) is 4.36. The molecular formula is C25H30N4O4. The lowest BCUT2D eigenvalue weighted by atomic mass is 9.86. The van der Waals surface area contributed by atoms with E-state index in [0.717, 1.165) is 29.2 Å². The number of amides is 4. The third-order valence-electron chi connectivity index (χ3n) is 6.48. The fraction of sp³-hybridized carbons (Fsp3) is 0.400. The van der Waals surface area contributed by atoms with Gasteiger partial charge in [0, 0.05) is 24.5 Å². The molecule has 33 heavy (non-hydrogen) atoms. The van der Waals surface area contributed by atoms with Crippen molar-refractivity contribution in [3.05, 3.63) is 59.7 Å². The lowest BCUT2D eigenvalue weighted by molar-refractivity contribution is -0.136.